The third-order valence-electron chi connectivity index (χ3n) is 1.28. The second-order valence-corrected chi connectivity index (χ2v) is 3.66. The number of hydrogen-bond donors (Lipinski definition) is 0. The van der Waals surface area contributed by atoms with Gasteiger partial charge in [0.2, 0.25) is 0 Å². The van der Waals surface area contributed by atoms with Gasteiger partial charge < -0.3 is 4.74 Å². The lowest BCUT2D eigenvalue weighted by atomic mass is 9.91. The van der Waals surface area contributed by atoms with Gasteiger partial charge in [0.05, 0.1) is 0 Å². The summed E-state index contributed by atoms with van der Waals surface area (Å²) in [7, 11) is 1.75. The Morgan fingerprint density at radius 3 is 2.11 bits per heavy atom. The van der Waals surface area contributed by atoms with Crippen molar-refractivity contribution in [2.24, 2.45) is 5.41 Å². The molecule has 0 amide bonds. The highest BCUT2D eigenvalue weighted by atomic mass is 16.5. The van der Waals surface area contributed by atoms with E-state index in [1.165, 1.54) is 12.8 Å². The second-order valence-electron chi connectivity index (χ2n) is 3.66. The van der Waals surface area contributed by atoms with Crippen LogP contribution >= 0.6 is 0 Å². The van der Waals surface area contributed by atoms with Gasteiger partial charge in [-0.3, -0.25) is 0 Å². The molecule has 0 aromatic carbocycles. The Morgan fingerprint density at radius 2 is 1.78 bits per heavy atom. The molecule has 0 aromatic rings. The first-order valence-electron chi connectivity index (χ1n) is 3.55. The molecule has 56 valence electrons. The van der Waals surface area contributed by atoms with Crippen molar-refractivity contribution in [2.45, 2.75) is 33.6 Å². The average molecular weight is 130 g/mol. The molecule has 0 spiro atoms. The van der Waals surface area contributed by atoms with E-state index in [2.05, 4.69) is 20.8 Å². The molecule has 9 heavy (non-hydrogen) atoms. The van der Waals surface area contributed by atoms with Gasteiger partial charge >= 0.3 is 0 Å². The molecule has 0 unspecified atom stereocenters. The minimum Gasteiger partial charge on any atom is -0.385 e. The molecule has 0 N–H and O–H groups in total. The predicted octanol–water partition coefficient (Wildman–Crippen LogP) is 2.46. The summed E-state index contributed by atoms with van der Waals surface area (Å²) in [5, 5.41) is 0. The fourth-order valence-corrected chi connectivity index (χ4v) is 0.747. The normalized spacial score (nSPS) is 12.0. The van der Waals surface area contributed by atoms with E-state index in [9.17, 15) is 0 Å². The lowest BCUT2D eigenvalue weighted by Gasteiger charge is -2.16. The summed E-state index contributed by atoms with van der Waals surface area (Å²) in [6.45, 7) is 7.66. The highest BCUT2D eigenvalue weighted by Gasteiger charge is 2.08. The standard InChI is InChI=1S/C8H18O/c1-8(2,3)6-5-7-9-4/h5-7H2,1-4H3. The maximum absolute atomic E-state index is 4.94. The zero-order valence-electron chi connectivity index (χ0n) is 7.03. The molecular formula is C8H18O. The van der Waals surface area contributed by atoms with Crippen LogP contribution in [-0.2, 0) is 4.74 Å². The summed E-state index contributed by atoms with van der Waals surface area (Å²) in [6.07, 6.45) is 2.43. The molecule has 0 saturated heterocycles. The van der Waals surface area contributed by atoms with Crippen LogP contribution in [0, 0.1) is 5.41 Å². The van der Waals surface area contributed by atoms with Gasteiger partial charge in [-0.05, 0) is 18.3 Å². The van der Waals surface area contributed by atoms with E-state index in [1.54, 1.807) is 7.11 Å². The van der Waals surface area contributed by atoms with Gasteiger partial charge in [0, 0.05) is 13.7 Å². The lowest BCUT2D eigenvalue weighted by Crippen LogP contribution is -2.05. The molecular weight excluding hydrogens is 112 g/mol. The van der Waals surface area contributed by atoms with Crippen molar-refractivity contribution in [1.29, 1.82) is 0 Å². The van der Waals surface area contributed by atoms with Crippen molar-refractivity contribution in [3.05, 3.63) is 0 Å². The van der Waals surface area contributed by atoms with E-state index < -0.39 is 0 Å². The summed E-state index contributed by atoms with van der Waals surface area (Å²) in [5.74, 6) is 0. The van der Waals surface area contributed by atoms with Crippen LogP contribution in [-0.4, -0.2) is 13.7 Å². The highest BCUT2D eigenvalue weighted by molar-refractivity contribution is 4.60. The van der Waals surface area contributed by atoms with E-state index in [-0.39, 0.29) is 0 Å². The van der Waals surface area contributed by atoms with Crippen LogP contribution in [0.4, 0.5) is 0 Å². The van der Waals surface area contributed by atoms with Gasteiger partial charge in [-0.15, -0.1) is 0 Å². The average Bonchev–Trinajstić information content (AvgIpc) is 1.63. The monoisotopic (exact) mass is 130 g/mol. The molecule has 0 bridgehead atoms. The van der Waals surface area contributed by atoms with Crippen LogP contribution in [0.3, 0.4) is 0 Å². The van der Waals surface area contributed by atoms with E-state index in [0.29, 0.717) is 5.41 Å². The molecule has 0 fully saturated rings. The molecule has 0 aliphatic heterocycles. The van der Waals surface area contributed by atoms with Gasteiger partial charge in [-0.1, -0.05) is 20.8 Å². The third kappa shape index (κ3) is 7.96. The van der Waals surface area contributed by atoms with Crippen LogP contribution in [0.2, 0.25) is 0 Å². The van der Waals surface area contributed by atoms with Gasteiger partial charge in [-0.2, -0.15) is 0 Å². The van der Waals surface area contributed by atoms with Crippen molar-refractivity contribution < 1.29 is 4.74 Å². The number of rotatable bonds is 3. The number of hydrogen-bond acceptors (Lipinski definition) is 1. The zero-order valence-corrected chi connectivity index (χ0v) is 7.03. The molecule has 1 nitrogen and oxygen atoms in total. The smallest absolute Gasteiger partial charge is 0.0462 e. The van der Waals surface area contributed by atoms with Crippen LogP contribution in [0.15, 0.2) is 0 Å². The van der Waals surface area contributed by atoms with Gasteiger partial charge in [0.1, 0.15) is 0 Å². The maximum atomic E-state index is 4.94. The molecule has 0 aromatic heterocycles. The predicted molar refractivity (Wildman–Crippen MR) is 40.6 cm³/mol. The first-order chi connectivity index (χ1) is 4.06. The minimum atomic E-state index is 0.471. The Kier molecular flexibility index (Phi) is 3.87. The Labute approximate surface area is 58.4 Å². The summed E-state index contributed by atoms with van der Waals surface area (Å²) in [5.41, 5.74) is 0.471. The summed E-state index contributed by atoms with van der Waals surface area (Å²) in [6, 6.07) is 0. The Bertz CT molecular complexity index is 61.5. The SMILES string of the molecule is COCCCC(C)(C)C. The molecule has 0 saturated carbocycles. The first kappa shape index (κ1) is 8.96. The summed E-state index contributed by atoms with van der Waals surface area (Å²) in [4.78, 5) is 0. The van der Waals surface area contributed by atoms with Crippen LogP contribution in [0.25, 0.3) is 0 Å². The van der Waals surface area contributed by atoms with Gasteiger partial charge in [0.25, 0.3) is 0 Å². The van der Waals surface area contributed by atoms with E-state index in [1.807, 2.05) is 0 Å². The molecule has 0 heterocycles. The summed E-state index contributed by atoms with van der Waals surface area (Å²) >= 11 is 0. The van der Waals surface area contributed by atoms with Gasteiger partial charge in [0.15, 0.2) is 0 Å². The third-order valence-corrected chi connectivity index (χ3v) is 1.28. The lowest BCUT2D eigenvalue weighted by molar-refractivity contribution is 0.179. The largest absolute Gasteiger partial charge is 0.385 e. The first-order valence-corrected chi connectivity index (χ1v) is 3.55. The molecule has 0 aliphatic rings. The molecule has 0 rings (SSSR count). The quantitative estimate of drug-likeness (QED) is 0.533. The van der Waals surface area contributed by atoms with Crippen molar-refractivity contribution >= 4 is 0 Å². The zero-order chi connectivity index (χ0) is 7.33. The Balaban J connectivity index is 3.07. The maximum Gasteiger partial charge on any atom is 0.0462 e. The number of methoxy groups -OCH3 is 1. The Morgan fingerprint density at radius 1 is 1.22 bits per heavy atom. The second kappa shape index (κ2) is 3.89. The molecule has 0 aliphatic carbocycles. The van der Waals surface area contributed by atoms with Crippen LogP contribution in [0.5, 0.6) is 0 Å². The van der Waals surface area contributed by atoms with E-state index in [4.69, 9.17) is 4.74 Å². The van der Waals surface area contributed by atoms with Gasteiger partial charge in [-0.25, -0.2) is 0 Å². The van der Waals surface area contributed by atoms with E-state index >= 15 is 0 Å². The van der Waals surface area contributed by atoms with Crippen molar-refractivity contribution in [3.8, 4) is 0 Å². The van der Waals surface area contributed by atoms with Crippen LogP contribution in [0.1, 0.15) is 33.6 Å². The molecule has 0 radical (unpaired) electrons. The fraction of sp³-hybridized carbons (Fsp3) is 1.00. The highest BCUT2D eigenvalue weighted by Crippen LogP contribution is 2.19. The topological polar surface area (TPSA) is 9.23 Å². The number of ether oxygens (including phenoxy) is 1. The molecule has 1 heteroatoms. The van der Waals surface area contributed by atoms with Crippen molar-refractivity contribution in [1.82, 2.24) is 0 Å². The summed E-state index contributed by atoms with van der Waals surface area (Å²) < 4.78 is 4.94. The van der Waals surface area contributed by atoms with Crippen molar-refractivity contribution in [3.63, 3.8) is 0 Å². The fourth-order valence-electron chi connectivity index (χ4n) is 0.747. The Hall–Kier alpha value is -0.0400. The van der Waals surface area contributed by atoms with Crippen LogP contribution < -0.4 is 0 Å². The van der Waals surface area contributed by atoms with E-state index in [0.717, 1.165) is 6.61 Å². The molecule has 0 atom stereocenters. The minimum absolute atomic E-state index is 0.471. The van der Waals surface area contributed by atoms with Crippen molar-refractivity contribution in [2.75, 3.05) is 13.7 Å².